The fourth-order valence-electron chi connectivity index (χ4n) is 1.63. The zero-order valence-corrected chi connectivity index (χ0v) is 8.57. The molecule has 0 radical (unpaired) electrons. The van der Waals surface area contributed by atoms with Crippen molar-refractivity contribution in [2.45, 2.75) is 6.92 Å². The van der Waals surface area contributed by atoms with Crippen LogP contribution < -0.4 is 0 Å². The first-order valence-electron chi connectivity index (χ1n) is 4.78. The first-order chi connectivity index (χ1) is 6.79. The summed E-state index contributed by atoms with van der Waals surface area (Å²) in [5.74, 6) is 0. The van der Waals surface area contributed by atoms with Crippen molar-refractivity contribution in [3.8, 4) is 0 Å². The molecule has 1 aliphatic rings. The molecule has 1 aromatic heterocycles. The molecule has 0 saturated heterocycles. The van der Waals surface area contributed by atoms with Gasteiger partial charge in [-0.2, -0.15) is 0 Å². The van der Waals surface area contributed by atoms with Crippen molar-refractivity contribution in [2.75, 3.05) is 13.6 Å². The first-order valence-corrected chi connectivity index (χ1v) is 4.78. The van der Waals surface area contributed by atoms with Gasteiger partial charge in [-0.3, -0.25) is 4.98 Å². The van der Waals surface area contributed by atoms with Gasteiger partial charge in [0.25, 0.3) is 0 Å². The second-order valence-corrected chi connectivity index (χ2v) is 3.55. The monoisotopic (exact) mass is 186 g/mol. The van der Waals surface area contributed by atoms with E-state index in [0.29, 0.717) is 0 Å². The van der Waals surface area contributed by atoms with Crippen molar-refractivity contribution in [1.82, 2.24) is 9.88 Å². The summed E-state index contributed by atoms with van der Waals surface area (Å²) in [6.07, 6.45) is 10.1. The molecule has 0 unspecified atom stereocenters. The van der Waals surface area contributed by atoms with Gasteiger partial charge in [-0.25, -0.2) is 0 Å². The number of likely N-dealkylation sites (N-methyl/N-ethyl adjacent to an activating group) is 1. The zero-order valence-electron chi connectivity index (χ0n) is 8.57. The first kappa shape index (κ1) is 9.00. The van der Waals surface area contributed by atoms with Gasteiger partial charge in [-0.1, -0.05) is 12.2 Å². The predicted octanol–water partition coefficient (Wildman–Crippen LogP) is 2.23. The topological polar surface area (TPSA) is 16.1 Å². The van der Waals surface area contributed by atoms with Crippen LogP contribution >= 0.6 is 0 Å². The molecular formula is C12H14N2. The average Bonchev–Trinajstić information content (AvgIpc) is 2.20. The largest absolute Gasteiger partial charge is 0.370 e. The van der Waals surface area contributed by atoms with E-state index in [9.17, 15) is 0 Å². The zero-order chi connectivity index (χ0) is 9.97. The van der Waals surface area contributed by atoms with Crippen LogP contribution in [0.2, 0.25) is 0 Å². The number of allylic oxidation sites excluding steroid dienone is 2. The van der Waals surface area contributed by atoms with Gasteiger partial charge in [-0.15, -0.1) is 0 Å². The molecule has 72 valence electrons. The maximum atomic E-state index is 4.16. The van der Waals surface area contributed by atoms with E-state index in [1.54, 1.807) is 0 Å². The molecule has 0 saturated carbocycles. The van der Waals surface area contributed by atoms with Crippen LogP contribution in [0.15, 0.2) is 36.7 Å². The summed E-state index contributed by atoms with van der Waals surface area (Å²) in [6.45, 7) is 3.09. The molecule has 0 aromatic carbocycles. The lowest BCUT2D eigenvalue weighted by Crippen LogP contribution is -2.19. The van der Waals surface area contributed by atoms with E-state index in [1.165, 1.54) is 16.8 Å². The molecule has 0 fully saturated rings. The molecule has 2 nitrogen and oxygen atoms in total. The third-order valence-electron chi connectivity index (χ3n) is 2.50. The van der Waals surface area contributed by atoms with Gasteiger partial charge in [0.1, 0.15) is 0 Å². The van der Waals surface area contributed by atoms with E-state index in [0.717, 1.165) is 6.54 Å². The molecule has 1 aliphatic heterocycles. The number of aromatic nitrogens is 1. The normalized spacial score (nSPS) is 15.6. The number of hydrogen-bond donors (Lipinski definition) is 0. The van der Waals surface area contributed by atoms with Crippen LogP contribution in [0.3, 0.4) is 0 Å². The SMILES string of the molecule is Cc1ccncc1C1=CC=CCN1C. The summed E-state index contributed by atoms with van der Waals surface area (Å²) in [5.41, 5.74) is 3.74. The van der Waals surface area contributed by atoms with Gasteiger partial charge in [0.15, 0.2) is 0 Å². The number of aryl methyl sites for hydroxylation is 1. The van der Waals surface area contributed by atoms with Crippen LogP contribution in [-0.2, 0) is 0 Å². The Kier molecular flexibility index (Phi) is 2.35. The molecule has 0 bridgehead atoms. The fourth-order valence-corrected chi connectivity index (χ4v) is 1.63. The highest BCUT2D eigenvalue weighted by Gasteiger charge is 2.10. The van der Waals surface area contributed by atoms with E-state index >= 15 is 0 Å². The van der Waals surface area contributed by atoms with Crippen molar-refractivity contribution < 1.29 is 0 Å². The summed E-state index contributed by atoms with van der Waals surface area (Å²) < 4.78 is 0. The van der Waals surface area contributed by atoms with E-state index in [-0.39, 0.29) is 0 Å². The van der Waals surface area contributed by atoms with Crippen LogP contribution in [-0.4, -0.2) is 23.5 Å². The third kappa shape index (κ3) is 1.55. The number of rotatable bonds is 1. The molecule has 0 amide bonds. The Bertz CT molecular complexity index is 391. The van der Waals surface area contributed by atoms with Crippen molar-refractivity contribution >= 4 is 5.70 Å². The van der Waals surface area contributed by atoms with Crippen molar-refractivity contribution in [3.63, 3.8) is 0 Å². The lowest BCUT2D eigenvalue weighted by Gasteiger charge is -2.24. The molecule has 0 spiro atoms. The third-order valence-corrected chi connectivity index (χ3v) is 2.50. The smallest absolute Gasteiger partial charge is 0.0458 e. The quantitative estimate of drug-likeness (QED) is 0.668. The summed E-state index contributed by atoms with van der Waals surface area (Å²) in [4.78, 5) is 6.39. The maximum Gasteiger partial charge on any atom is 0.0458 e. The van der Waals surface area contributed by atoms with Gasteiger partial charge >= 0.3 is 0 Å². The Balaban J connectivity index is 2.44. The average molecular weight is 186 g/mol. The summed E-state index contributed by atoms with van der Waals surface area (Å²) in [5, 5.41) is 0. The van der Waals surface area contributed by atoms with E-state index in [4.69, 9.17) is 0 Å². The minimum atomic E-state index is 0.972. The van der Waals surface area contributed by atoms with Crippen LogP contribution in [0.4, 0.5) is 0 Å². The molecular weight excluding hydrogens is 172 g/mol. The highest BCUT2D eigenvalue weighted by atomic mass is 15.1. The van der Waals surface area contributed by atoms with Gasteiger partial charge in [0.2, 0.25) is 0 Å². The van der Waals surface area contributed by atoms with Crippen molar-refractivity contribution in [1.29, 1.82) is 0 Å². The molecule has 2 heteroatoms. The summed E-state index contributed by atoms with van der Waals surface area (Å²) in [7, 11) is 2.10. The van der Waals surface area contributed by atoms with Gasteiger partial charge < -0.3 is 4.90 Å². The lowest BCUT2D eigenvalue weighted by atomic mass is 10.1. The lowest BCUT2D eigenvalue weighted by molar-refractivity contribution is 0.530. The molecule has 0 aliphatic carbocycles. The van der Waals surface area contributed by atoms with Gasteiger partial charge in [0.05, 0.1) is 0 Å². The number of hydrogen-bond acceptors (Lipinski definition) is 2. The van der Waals surface area contributed by atoms with Crippen molar-refractivity contribution in [2.24, 2.45) is 0 Å². The van der Waals surface area contributed by atoms with E-state index in [2.05, 4.69) is 42.1 Å². The highest BCUT2D eigenvalue weighted by molar-refractivity contribution is 5.68. The molecule has 2 rings (SSSR count). The van der Waals surface area contributed by atoms with E-state index < -0.39 is 0 Å². The standard InChI is InChI=1S/C12H14N2/c1-10-6-7-13-9-11(10)12-5-3-4-8-14(12)2/h3-7,9H,8H2,1-2H3. The molecule has 14 heavy (non-hydrogen) atoms. The van der Waals surface area contributed by atoms with Crippen LogP contribution in [0, 0.1) is 6.92 Å². The Morgan fingerprint density at radius 1 is 1.43 bits per heavy atom. The Morgan fingerprint density at radius 3 is 3.00 bits per heavy atom. The Hall–Kier alpha value is -1.57. The predicted molar refractivity (Wildman–Crippen MR) is 58.7 cm³/mol. The second kappa shape index (κ2) is 3.66. The second-order valence-electron chi connectivity index (χ2n) is 3.55. The van der Waals surface area contributed by atoms with Crippen molar-refractivity contribution in [3.05, 3.63) is 47.8 Å². The molecule has 0 atom stereocenters. The maximum absolute atomic E-state index is 4.16. The molecule has 2 heterocycles. The number of nitrogens with zero attached hydrogens (tertiary/aromatic N) is 2. The Labute approximate surface area is 84.6 Å². The molecule has 0 N–H and O–H groups in total. The van der Waals surface area contributed by atoms with Crippen LogP contribution in [0.1, 0.15) is 11.1 Å². The van der Waals surface area contributed by atoms with Gasteiger partial charge in [0, 0.05) is 37.2 Å². The van der Waals surface area contributed by atoms with Crippen LogP contribution in [0.5, 0.6) is 0 Å². The Morgan fingerprint density at radius 2 is 2.29 bits per heavy atom. The summed E-state index contributed by atoms with van der Waals surface area (Å²) >= 11 is 0. The number of pyridine rings is 1. The minimum Gasteiger partial charge on any atom is -0.370 e. The summed E-state index contributed by atoms with van der Waals surface area (Å²) in [6, 6.07) is 2.04. The fraction of sp³-hybridized carbons (Fsp3) is 0.250. The highest BCUT2D eigenvalue weighted by Crippen LogP contribution is 2.22. The van der Waals surface area contributed by atoms with Crippen LogP contribution in [0.25, 0.3) is 5.70 Å². The molecule has 1 aromatic rings. The van der Waals surface area contributed by atoms with Gasteiger partial charge in [-0.05, 0) is 24.6 Å². The minimum absolute atomic E-state index is 0.972. The van der Waals surface area contributed by atoms with E-state index in [1.807, 2.05) is 18.5 Å².